The number of rotatable bonds is 4. The minimum absolute atomic E-state index is 0.0142. The maximum atomic E-state index is 5.97. The Morgan fingerprint density at radius 1 is 0.567 bits per heavy atom. The fraction of sp³-hybridized carbons (Fsp3) is 0.167. The molecule has 0 fully saturated rings. The van der Waals surface area contributed by atoms with Crippen LogP contribution in [0.1, 0.15) is 34.3 Å². The molecule has 2 aliphatic rings. The van der Waals surface area contributed by atoms with Gasteiger partial charge in [-0.1, -0.05) is 47.5 Å². The molecule has 6 heteroatoms. The first-order valence-corrected chi connectivity index (χ1v) is 10.4. The van der Waals surface area contributed by atoms with Crippen molar-refractivity contribution in [1.29, 1.82) is 0 Å². The Morgan fingerprint density at radius 2 is 0.933 bits per heavy atom. The molecule has 30 heavy (non-hydrogen) atoms. The minimum atomic E-state index is -0.0142. The van der Waals surface area contributed by atoms with Crippen LogP contribution in [0, 0.1) is 0 Å². The Morgan fingerprint density at radius 3 is 1.30 bits per heavy atom. The van der Waals surface area contributed by atoms with Crippen LogP contribution in [-0.4, -0.2) is 25.0 Å². The molecule has 0 N–H and O–H groups in total. The molecule has 4 nitrogen and oxygen atoms in total. The van der Waals surface area contributed by atoms with Crippen LogP contribution in [0.5, 0.6) is 0 Å². The van der Waals surface area contributed by atoms with E-state index in [1.54, 1.807) is 0 Å². The third-order valence-corrected chi connectivity index (χ3v) is 5.69. The zero-order chi connectivity index (χ0) is 20.5. The molecular weight excluding hydrogens is 419 g/mol. The van der Waals surface area contributed by atoms with Crippen LogP contribution in [0.15, 0.2) is 82.8 Å². The van der Waals surface area contributed by atoms with Gasteiger partial charge in [0.15, 0.2) is 0 Å². The first-order valence-electron chi connectivity index (χ1n) is 9.69. The third-order valence-electron chi connectivity index (χ3n) is 5.19. The van der Waals surface area contributed by atoms with Gasteiger partial charge in [0.2, 0.25) is 11.8 Å². The fourth-order valence-electron chi connectivity index (χ4n) is 3.53. The van der Waals surface area contributed by atoms with Crippen molar-refractivity contribution in [2.24, 2.45) is 9.98 Å². The largest absolute Gasteiger partial charge is 0.475 e. The van der Waals surface area contributed by atoms with E-state index < -0.39 is 0 Å². The lowest BCUT2D eigenvalue weighted by atomic mass is 10.1. The summed E-state index contributed by atoms with van der Waals surface area (Å²) in [6.45, 7) is 1.05. The Balaban J connectivity index is 1.31. The molecule has 3 aromatic rings. The highest BCUT2D eigenvalue weighted by Gasteiger charge is 2.24. The van der Waals surface area contributed by atoms with Crippen LogP contribution in [0.25, 0.3) is 0 Å². The van der Waals surface area contributed by atoms with E-state index in [-0.39, 0.29) is 12.1 Å². The molecule has 0 spiro atoms. The van der Waals surface area contributed by atoms with Gasteiger partial charge in [-0.25, -0.2) is 9.98 Å². The standard InChI is InChI=1S/C24H18Cl2N2O2/c25-19-9-5-15(6-10-19)21-13-29-23(27-21)17-1-2-18(4-3-17)24-28-22(14-30-24)16-7-11-20(26)12-8-16/h1-12,21-22H,13-14H2. The van der Waals surface area contributed by atoms with Crippen molar-refractivity contribution in [3.8, 4) is 0 Å². The second kappa shape index (κ2) is 8.13. The summed E-state index contributed by atoms with van der Waals surface area (Å²) < 4.78 is 11.7. The average molecular weight is 437 g/mol. The molecule has 2 heterocycles. The smallest absolute Gasteiger partial charge is 0.216 e. The van der Waals surface area contributed by atoms with Gasteiger partial charge >= 0.3 is 0 Å². The molecule has 0 amide bonds. The summed E-state index contributed by atoms with van der Waals surface area (Å²) in [5, 5.41) is 1.43. The van der Waals surface area contributed by atoms with Crippen molar-refractivity contribution in [2.75, 3.05) is 13.2 Å². The predicted octanol–water partition coefficient (Wildman–Crippen LogP) is 6.03. The molecule has 2 aliphatic heterocycles. The molecule has 3 aromatic carbocycles. The number of ether oxygens (including phenoxy) is 2. The minimum Gasteiger partial charge on any atom is -0.475 e. The number of hydrogen-bond acceptors (Lipinski definition) is 4. The summed E-state index contributed by atoms with van der Waals surface area (Å²) in [5.41, 5.74) is 4.05. The highest BCUT2D eigenvalue weighted by atomic mass is 35.5. The van der Waals surface area contributed by atoms with E-state index >= 15 is 0 Å². The highest BCUT2D eigenvalue weighted by molar-refractivity contribution is 6.30. The molecule has 2 unspecified atom stereocenters. The van der Waals surface area contributed by atoms with E-state index in [4.69, 9.17) is 42.7 Å². The van der Waals surface area contributed by atoms with Crippen LogP contribution < -0.4 is 0 Å². The maximum Gasteiger partial charge on any atom is 0.216 e. The van der Waals surface area contributed by atoms with Gasteiger partial charge in [0.05, 0.1) is 0 Å². The van der Waals surface area contributed by atoms with Gasteiger partial charge < -0.3 is 9.47 Å². The Hall–Kier alpha value is -2.82. The average Bonchev–Trinajstić information content (AvgIpc) is 3.45. The zero-order valence-electron chi connectivity index (χ0n) is 16.0. The SMILES string of the molecule is Clc1ccc(C2COC(c3ccc(C4=NC(c5ccc(Cl)cc5)CO4)cc3)=N2)cc1. The Kier molecular flexibility index (Phi) is 5.19. The van der Waals surface area contributed by atoms with Crippen molar-refractivity contribution < 1.29 is 9.47 Å². The highest BCUT2D eigenvalue weighted by Crippen LogP contribution is 2.28. The van der Waals surface area contributed by atoms with E-state index in [2.05, 4.69) is 0 Å². The van der Waals surface area contributed by atoms with E-state index in [1.807, 2.05) is 72.8 Å². The lowest BCUT2D eigenvalue weighted by Crippen LogP contribution is -2.04. The van der Waals surface area contributed by atoms with Crippen LogP contribution in [0.3, 0.4) is 0 Å². The van der Waals surface area contributed by atoms with Crippen molar-refractivity contribution >= 4 is 35.0 Å². The van der Waals surface area contributed by atoms with Gasteiger partial charge in [-0.2, -0.15) is 0 Å². The van der Waals surface area contributed by atoms with Crippen molar-refractivity contribution in [3.05, 3.63) is 105 Å². The van der Waals surface area contributed by atoms with Crippen molar-refractivity contribution in [2.45, 2.75) is 12.1 Å². The summed E-state index contributed by atoms with van der Waals surface area (Å²) in [6, 6.07) is 23.3. The molecule has 0 bridgehead atoms. The second-order valence-corrected chi connectivity index (χ2v) is 8.08. The molecule has 5 rings (SSSR count). The Labute approximate surface area is 184 Å². The number of hydrogen-bond donors (Lipinski definition) is 0. The second-order valence-electron chi connectivity index (χ2n) is 7.20. The molecule has 0 radical (unpaired) electrons. The Bertz CT molecular complexity index is 1020. The molecular formula is C24H18Cl2N2O2. The van der Waals surface area contributed by atoms with Crippen LogP contribution in [-0.2, 0) is 9.47 Å². The topological polar surface area (TPSA) is 43.2 Å². The van der Waals surface area contributed by atoms with E-state index in [9.17, 15) is 0 Å². The van der Waals surface area contributed by atoms with Gasteiger partial charge in [0, 0.05) is 21.2 Å². The van der Waals surface area contributed by atoms with Gasteiger partial charge in [0.25, 0.3) is 0 Å². The lowest BCUT2D eigenvalue weighted by Gasteiger charge is -2.04. The molecule has 0 aromatic heterocycles. The summed E-state index contributed by atoms with van der Waals surface area (Å²) in [5.74, 6) is 1.30. The van der Waals surface area contributed by atoms with Gasteiger partial charge in [0.1, 0.15) is 25.3 Å². The number of nitrogens with zero attached hydrogens (tertiary/aromatic N) is 2. The first-order chi connectivity index (χ1) is 14.7. The summed E-state index contributed by atoms with van der Waals surface area (Å²) >= 11 is 11.9. The monoisotopic (exact) mass is 436 g/mol. The van der Waals surface area contributed by atoms with Crippen molar-refractivity contribution in [3.63, 3.8) is 0 Å². The van der Waals surface area contributed by atoms with Gasteiger partial charge in [-0.05, 0) is 59.7 Å². The van der Waals surface area contributed by atoms with Gasteiger partial charge in [-0.15, -0.1) is 0 Å². The third kappa shape index (κ3) is 3.93. The lowest BCUT2D eigenvalue weighted by molar-refractivity contribution is 0.319. The normalized spacial score (nSPS) is 20.3. The summed E-state index contributed by atoms with van der Waals surface area (Å²) in [6.07, 6.45) is 0. The fourth-order valence-corrected chi connectivity index (χ4v) is 3.78. The number of benzene rings is 3. The molecule has 0 saturated carbocycles. The number of halogens is 2. The van der Waals surface area contributed by atoms with Crippen molar-refractivity contribution in [1.82, 2.24) is 0 Å². The zero-order valence-corrected chi connectivity index (χ0v) is 17.5. The molecule has 0 aliphatic carbocycles. The quantitative estimate of drug-likeness (QED) is 0.500. The molecule has 150 valence electrons. The molecule has 2 atom stereocenters. The van der Waals surface area contributed by atoms with E-state index in [1.165, 1.54) is 0 Å². The van der Waals surface area contributed by atoms with E-state index in [0.717, 1.165) is 22.3 Å². The number of aliphatic imine (C=N–C) groups is 2. The maximum absolute atomic E-state index is 5.97. The van der Waals surface area contributed by atoms with E-state index in [0.29, 0.717) is 35.1 Å². The molecule has 0 saturated heterocycles. The van der Waals surface area contributed by atoms with Crippen LogP contribution >= 0.6 is 23.2 Å². The van der Waals surface area contributed by atoms with Gasteiger partial charge in [-0.3, -0.25) is 0 Å². The first kappa shape index (κ1) is 19.2. The van der Waals surface area contributed by atoms with Crippen LogP contribution in [0.4, 0.5) is 0 Å². The van der Waals surface area contributed by atoms with Crippen LogP contribution in [0.2, 0.25) is 10.0 Å². The summed E-state index contributed by atoms with van der Waals surface area (Å²) in [4.78, 5) is 9.45. The predicted molar refractivity (Wildman–Crippen MR) is 120 cm³/mol. The summed E-state index contributed by atoms with van der Waals surface area (Å²) in [7, 11) is 0.